The van der Waals surface area contributed by atoms with Gasteiger partial charge in [-0.05, 0) is 19.1 Å². The van der Waals surface area contributed by atoms with Crippen LogP contribution in [0, 0.1) is 0 Å². The molecule has 3 aromatic rings. The van der Waals surface area contributed by atoms with E-state index < -0.39 is 0 Å². The maximum Gasteiger partial charge on any atom is 0.374 e. The molecule has 1 aliphatic heterocycles. The van der Waals surface area contributed by atoms with Gasteiger partial charge >= 0.3 is 5.97 Å². The number of anilines is 1. The number of hydrogen-bond acceptors (Lipinski definition) is 6. The molecule has 1 aliphatic rings. The largest absolute Gasteiger partial charge is 0.460 e. The van der Waals surface area contributed by atoms with Crippen molar-refractivity contribution in [1.29, 1.82) is 0 Å². The number of carbonyl (C=O) groups excluding carboxylic acids is 1. The molecule has 0 spiro atoms. The van der Waals surface area contributed by atoms with Gasteiger partial charge in [-0.1, -0.05) is 18.2 Å². The van der Waals surface area contributed by atoms with Crippen LogP contribution in [-0.2, 0) is 11.3 Å². The number of rotatable bonds is 5. The van der Waals surface area contributed by atoms with Crippen molar-refractivity contribution in [3.8, 4) is 0 Å². The Kier molecular flexibility index (Phi) is 5.02. The summed E-state index contributed by atoms with van der Waals surface area (Å²) in [5, 5.41) is 0.988. The molecule has 7 heteroatoms. The van der Waals surface area contributed by atoms with Crippen molar-refractivity contribution in [2.45, 2.75) is 13.5 Å². The molecular weight excluding hydrogens is 344 g/mol. The Labute approximate surface area is 157 Å². The van der Waals surface area contributed by atoms with E-state index >= 15 is 0 Å². The van der Waals surface area contributed by atoms with E-state index in [1.807, 2.05) is 30.3 Å². The third kappa shape index (κ3) is 3.64. The van der Waals surface area contributed by atoms with Crippen molar-refractivity contribution in [2.24, 2.45) is 0 Å². The first-order chi connectivity index (χ1) is 13.3. The SMILES string of the molecule is CCOC(=O)c1oc2ccccc2c1C[NH+]1CCN(c2ncccn2)CC1. The zero-order chi connectivity index (χ0) is 18.6. The van der Waals surface area contributed by atoms with E-state index in [1.165, 1.54) is 4.90 Å². The average molecular weight is 367 g/mol. The molecule has 27 heavy (non-hydrogen) atoms. The molecule has 0 aliphatic carbocycles. The minimum Gasteiger partial charge on any atom is -0.460 e. The molecule has 0 unspecified atom stereocenters. The van der Waals surface area contributed by atoms with Crippen LogP contribution in [0.2, 0.25) is 0 Å². The number of quaternary nitrogens is 1. The number of hydrogen-bond donors (Lipinski definition) is 1. The van der Waals surface area contributed by atoms with Crippen molar-refractivity contribution in [2.75, 3.05) is 37.7 Å². The average Bonchev–Trinajstić information content (AvgIpc) is 3.08. The number of carbonyl (C=O) groups is 1. The highest BCUT2D eigenvalue weighted by molar-refractivity contribution is 5.96. The van der Waals surface area contributed by atoms with Crippen LogP contribution in [0.25, 0.3) is 11.0 Å². The minimum absolute atomic E-state index is 0.331. The molecule has 2 aromatic heterocycles. The highest BCUT2D eigenvalue weighted by Gasteiger charge is 2.27. The van der Waals surface area contributed by atoms with Crippen molar-refractivity contribution in [1.82, 2.24) is 9.97 Å². The number of benzene rings is 1. The Morgan fingerprint density at radius 1 is 1.19 bits per heavy atom. The lowest BCUT2D eigenvalue weighted by Gasteiger charge is -2.32. The summed E-state index contributed by atoms with van der Waals surface area (Å²) in [5.74, 6) is 0.719. The van der Waals surface area contributed by atoms with Crippen LogP contribution in [-0.4, -0.2) is 48.7 Å². The predicted molar refractivity (Wildman–Crippen MR) is 101 cm³/mol. The van der Waals surface area contributed by atoms with Crippen molar-refractivity contribution < 1.29 is 18.8 Å². The minimum atomic E-state index is -0.389. The molecule has 0 bridgehead atoms. The summed E-state index contributed by atoms with van der Waals surface area (Å²) in [5.41, 5.74) is 1.66. The van der Waals surface area contributed by atoms with Gasteiger partial charge in [-0.2, -0.15) is 0 Å². The molecule has 0 saturated carbocycles. The summed E-state index contributed by atoms with van der Waals surface area (Å²) in [4.78, 5) is 24.6. The Morgan fingerprint density at radius 3 is 2.67 bits per heavy atom. The van der Waals surface area contributed by atoms with Crippen LogP contribution in [0.3, 0.4) is 0 Å². The third-order valence-corrected chi connectivity index (χ3v) is 4.89. The number of aromatic nitrogens is 2. The number of piperazine rings is 1. The van der Waals surface area contributed by atoms with Crippen molar-refractivity contribution >= 4 is 22.9 Å². The number of ether oxygens (including phenoxy) is 1. The summed E-state index contributed by atoms with van der Waals surface area (Å²) in [6, 6.07) is 9.60. The smallest absolute Gasteiger partial charge is 0.374 e. The van der Waals surface area contributed by atoms with Crippen LogP contribution < -0.4 is 9.80 Å². The predicted octanol–water partition coefficient (Wildman–Crippen LogP) is 1.30. The highest BCUT2D eigenvalue weighted by atomic mass is 16.5. The summed E-state index contributed by atoms with van der Waals surface area (Å²) in [7, 11) is 0. The first-order valence-corrected chi connectivity index (χ1v) is 9.29. The van der Waals surface area contributed by atoms with E-state index in [2.05, 4.69) is 14.9 Å². The Hall–Kier alpha value is -2.93. The summed E-state index contributed by atoms with van der Waals surface area (Å²) >= 11 is 0. The highest BCUT2D eigenvalue weighted by Crippen LogP contribution is 2.26. The first kappa shape index (κ1) is 17.5. The zero-order valence-corrected chi connectivity index (χ0v) is 15.4. The quantitative estimate of drug-likeness (QED) is 0.686. The van der Waals surface area contributed by atoms with Crippen LogP contribution in [0.15, 0.2) is 47.1 Å². The second kappa shape index (κ2) is 7.75. The first-order valence-electron chi connectivity index (χ1n) is 9.29. The van der Waals surface area contributed by atoms with Crippen LogP contribution in [0.1, 0.15) is 23.0 Å². The van der Waals surface area contributed by atoms with Gasteiger partial charge in [0.25, 0.3) is 0 Å². The maximum atomic E-state index is 12.4. The summed E-state index contributed by atoms with van der Waals surface area (Å²) in [6.45, 7) is 6.51. The van der Waals surface area contributed by atoms with Gasteiger partial charge in [0, 0.05) is 17.8 Å². The van der Waals surface area contributed by atoms with E-state index in [1.54, 1.807) is 19.3 Å². The molecule has 0 atom stereocenters. The number of esters is 1. The molecule has 3 heterocycles. The number of nitrogens with zero attached hydrogens (tertiary/aromatic N) is 3. The molecule has 1 saturated heterocycles. The second-order valence-electron chi connectivity index (χ2n) is 6.59. The van der Waals surface area contributed by atoms with Gasteiger partial charge in [0.2, 0.25) is 11.7 Å². The van der Waals surface area contributed by atoms with Crippen molar-refractivity contribution in [3.63, 3.8) is 0 Å². The molecule has 1 aromatic carbocycles. The standard InChI is InChI=1S/C20H22N4O3/c1-2-26-19(25)18-16(15-6-3-4-7-17(15)27-18)14-23-10-12-24(13-11-23)20-21-8-5-9-22-20/h3-9H,2,10-14H2,1H3/p+1. The lowest BCUT2D eigenvalue weighted by Crippen LogP contribution is -3.13. The van der Waals surface area contributed by atoms with E-state index in [4.69, 9.17) is 9.15 Å². The second-order valence-corrected chi connectivity index (χ2v) is 6.59. The summed E-state index contributed by atoms with van der Waals surface area (Å²) in [6.07, 6.45) is 3.54. The molecule has 140 valence electrons. The molecule has 7 nitrogen and oxygen atoms in total. The molecular formula is C20H23N4O3+. The topological polar surface area (TPSA) is 72.9 Å². The number of nitrogens with one attached hydrogen (secondary N) is 1. The Morgan fingerprint density at radius 2 is 1.93 bits per heavy atom. The van der Waals surface area contributed by atoms with Gasteiger partial charge in [-0.25, -0.2) is 14.8 Å². The van der Waals surface area contributed by atoms with E-state index in [-0.39, 0.29) is 5.97 Å². The lowest BCUT2D eigenvalue weighted by molar-refractivity contribution is -0.914. The van der Waals surface area contributed by atoms with Gasteiger partial charge in [-0.3, -0.25) is 0 Å². The third-order valence-electron chi connectivity index (χ3n) is 4.89. The molecule has 1 fully saturated rings. The van der Waals surface area contributed by atoms with Gasteiger partial charge in [0.1, 0.15) is 12.1 Å². The van der Waals surface area contributed by atoms with E-state index in [0.29, 0.717) is 12.4 Å². The van der Waals surface area contributed by atoms with Crippen LogP contribution in [0.5, 0.6) is 0 Å². The number of furan rings is 1. The lowest BCUT2D eigenvalue weighted by atomic mass is 10.1. The van der Waals surface area contributed by atoms with Gasteiger partial charge in [0.05, 0.1) is 38.3 Å². The molecule has 1 N–H and O–H groups in total. The van der Waals surface area contributed by atoms with Crippen LogP contribution >= 0.6 is 0 Å². The Balaban J connectivity index is 1.52. The number of para-hydroxylation sites is 1. The monoisotopic (exact) mass is 367 g/mol. The number of fused-ring (bicyclic) bond motifs is 1. The van der Waals surface area contributed by atoms with Gasteiger partial charge < -0.3 is 19.0 Å². The fourth-order valence-corrected chi connectivity index (χ4v) is 3.54. The summed E-state index contributed by atoms with van der Waals surface area (Å²) < 4.78 is 11.0. The molecule has 4 rings (SSSR count). The fourth-order valence-electron chi connectivity index (χ4n) is 3.54. The van der Waals surface area contributed by atoms with Gasteiger partial charge in [-0.15, -0.1) is 0 Å². The maximum absolute atomic E-state index is 12.4. The molecule has 0 radical (unpaired) electrons. The van der Waals surface area contributed by atoms with Crippen LogP contribution in [0.4, 0.5) is 5.95 Å². The Bertz CT molecular complexity index is 917. The van der Waals surface area contributed by atoms with Gasteiger partial charge in [0.15, 0.2) is 0 Å². The fraction of sp³-hybridized carbons (Fsp3) is 0.350. The zero-order valence-electron chi connectivity index (χ0n) is 15.4. The molecule has 0 amide bonds. The van der Waals surface area contributed by atoms with E-state index in [0.717, 1.165) is 55.2 Å². The van der Waals surface area contributed by atoms with Crippen molar-refractivity contribution in [3.05, 3.63) is 54.0 Å². The normalized spacial score (nSPS) is 15.2. The van der Waals surface area contributed by atoms with E-state index in [9.17, 15) is 4.79 Å².